The van der Waals surface area contributed by atoms with Crippen LogP contribution in [0.2, 0.25) is 5.02 Å². The molecule has 4 rings (SSSR count). The molecule has 29 heavy (non-hydrogen) atoms. The molecular formula is C22H16BrClN2O3. The Balaban J connectivity index is 1.72. The number of aromatic nitrogens is 1. The number of aryl methyl sites for hydroxylation is 1. The van der Waals surface area contributed by atoms with E-state index in [-0.39, 0.29) is 5.75 Å². The maximum atomic E-state index is 10.3. The first-order chi connectivity index (χ1) is 13.9. The van der Waals surface area contributed by atoms with Crippen LogP contribution < -0.4 is 4.74 Å². The summed E-state index contributed by atoms with van der Waals surface area (Å²) in [5, 5.41) is 10.9. The fourth-order valence-electron chi connectivity index (χ4n) is 2.89. The normalized spacial score (nSPS) is 11.4. The van der Waals surface area contributed by atoms with Gasteiger partial charge in [0, 0.05) is 26.8 Å². The molecule has 0 saturated heterocycles. The Bertz CT molecular complexity index is 1250. The van der Waals surface area contributed by atoms with Gasteiger partial charge in [-0.25, -0.2) is 4.98 Å². The van der Waals surface area contributed by atoms with E-state index in [4.69, 9.17) is 20.8 Å². The molecular weight excluding hydrogens is 456 g/mol. The van der Waals surface area contributed by atoms with Gasteiger partial charge in [0.05, 0.1) is 12.8 Å². The molecule has 0 unspecified atom stereocenters. The second-order valence-corrected chi connectivity index (χ2v) is 7.79. The fourth-order valence-corrected chi connectivity index (χ4v) is 3.51. The van der Waals surface area contributed by atoms with Gasteiger partial charge in [-0.3, -0.25) is 4.99 Å². The molecule has 0 fully saturated rings. The predicted octanol–water partition coefficient (Wildman–Crippen LogP) is 6.68. The summed E-state index contributed by atoms with van der Waals surface area (Å²) in [6.07, 6.45) is 1.60. The van der Waals surface area contributed by atoms with Crippen molar-refractivity contribution in [2.75, 3.05) is 7.11 Å². The van der Waals surface area contributed by atoms with Gasteiger partial charge in [-0.2, -0.15) is 0 Å². The second-order valence-electron chi connectivity index (χ2n) is 6.44. The van der Waals surface area contributed by atoms with Crippen LogP contribution in [0.4, 0.5) is 5.69 Å². The summed E-state index contributed by atoms with van der Waals surface area (Å²) in [4.78, 5) is 9.07. The van der Waals surface area contributed by atoms with Crippen LogP contribution in [0.3, 0.4) is 0 Å². The van der Waals surface area contributed by atoms with Gasteiger partial charge in [0.1, 0.15) is 5.52 Å². The molecule has 0 aliphatic carbocycles. The quantitative estimate of drug-likeness (QED) is 0.337. The number of oxazole rings is 1. The summed E-state index contributed by atoms with van der Waals surface area (Å²) < 4.78 is 11.8. The molecule has 1 aromatic heterocycles. The van der Waals surface area contributed by atoms with Gasteiger partial charge in [0.25, 0.3) is 0 Å². The third-order valence-corrected chi connectivity index (χ3v) is 5.13. The van der Waals surface area contributed by atoms with Crippen molar-refractivity contribution in [3.63, 3.8) is 0 Å². The largest absolute Gasteiger partial charge is 0.504 e. The molecule has 1 N–H and O–H groups in total. The number of hydrogen-bond donors (Lipinski definition) is 1. The van der Waals surface area contributed by atoms with Crippen LogP contribution in [0, 0.1) is 6.92 Å². The highest BCUT2D eigenvalue weighted by atomic mass is 79.9. The van der Waals surface area contributed by atoms with Gasteiger partial charge in [0.2, 0.25) is 5.89 Å². The summed E-state index contributed by atoms with van der Waals surface area (Å²) in [6, 6.07) is 14.6. The van der Waals surface area contributed by atoms with Crippen molar-refractivity contribution in [3.8, 4) is 23.0 Å². The lowest BCUT2D eigenvalue weighted by molar-refractivity contribution is 0.373. The number of aliphatic imine (C=N–C) groups is 1. The van der Waals surface area contributed by atoms with Gasteiger partial charge in [-0.05, 0) is 55.0 Å². The van der Waals surface area contributed by atoms with Gasteiger partial charge in [0.15, 0.2) is 17.1 Å². The van der Waals surface area contributed by atoms with Crippen molar-refractivity contribution >= 4 is 50.5 Å². The van der Waals surface area contributed by atoms with Crippen molar-refractivity contribution in [3.05, 3.63) is 69.2 Å². The number of benzene rings is 3. The van der Waals surface area contributed by atoms with E-state index in [1.165, 1.54) is 7.11 Å². The molecule has 0 atom stereocenters. The Morgan fingerprint density at radius 3 is 2.79 bits per heavy atom. The first kappa shape index (κ1) is 19.5. The number of ether oxygens (including phenoxy) is 1. The average Bonchev–Trinajstić information content (AvgIpc) is 3.12. The number of rotatable bonds is 4. The molecule has 3 aromatic carbocycles. The van der Waals surface area contributed by atoms with Crippen LogP contribution in [0.25, 0.3) is 22.6 Å². The molecule has 146 valence electrons. The molecule has 0 saturated carbocycles. The average molecular weight is 472 g/mol. The lowest BCUT2D eigenvalue weighted by Crippen LogP contribution is -1.89. The molecule has 0 radical (unpaired) electrons. The molecule has 1 heterocycles. The highest BCUT2D eigenvalue weighted by Gasteiger charge is 2.11. The molecule has 0 aliphatic heterocycles. The third-order valence-electron chi connectivity index (χ3n) is 4.44. The number of hydrogen-bond acceptors (Lipinski definition) is 5. The molecule has 0 aliphatic rings. The zero-order chi connectivity index (χ0) is 20.5. The Hall–Kier alpha value is -2.83. The van der Waals surface area contributed by atoms with E-state index in [1.807, 2.05) is 25.1 Å². The molecule has 0 bridgehead atoms. The van der Waals surface area contributed by atoms with E-state index < -0.39 is 0 Å². The van der Waals surface area contributed by atoms with Crippen LogP contribution >= 0.6 is 27.5 Å². The smallest absolute Gasteiger partial charge is 0.227 e. The minimum atomic E-state index is 0.0316. The topological polar surface area (TPSA) is 67.9 Å². The number of halogens is 2. The highest BCUT2D eigenvalue weighted by molar-refractivity contribution is 9.10. The first-order valence-corrected chi connectivity index (χ1v) is 9.89. The predicted molar refractivity (Wildman–Crippen MR) is 119 cm³/mol. The summed E-state index contributed by atoms with van der Waals surface area (Å²) >= 11 is 9.44. The monoisotopic (exact) mass is 470 g/mol. The van der Waals surface area contributed by atoms with Gasteiger partial charge in [-0.15, -0.1) is 0 Å². The lowest BCUT2D eigenvalue weighted by Gasteiger charge is -2.07. The molecule has 4 aromatic rings. The maximum absolute atomic E-state index is 10.3. The van der Waals surface area contributed by atoms with E-state index in [9.17, 15) is 5.11 Å². The summed E-state index contributed by atoms with van der Waals surface area (Å²) in [5.41, 5.74) is 4.42. The van der Waals surface area contributed by atoms with Crippen molar-refractivity contribution in [2.24, 2.45) is 4.99 Å². The number of methoxy groups -OCH3 is 1. The molecule has 5 nitrogen and oxygen atoms in total. The maximum Gasteiger partial charge on any atom is 0.227 e. The zero-order valence-corrected chi connectivity index (χ0v) is 18.0. The van der Waals surface area contributed by atoms with Gasteiger partial charge < -0.3 is 14.3 Å². The summed E-state index contributed by atoms with van der Waals surface area (Å²) in [7, 11) is 1.50. The third kappa shape index (κ3) is 3.99. The second kappa shape index (κ2) is 7.89. The van der Waals surface area contributed by atoms with Crippen molar-refractivity contribution in [1.29, 1.82) is 0 Å². The van der Waals surface area contributed by atoms with Crippen molar-refractivity contribution in [2.45, 2.75) is 6.92 Å². The number of fused-ring (bicyclic) bond motifs is 1. The Morgan fingerprint density at radius 2 is 2.00 bits per heavy atom. The number of phenolic OH excluding ortho intramolecular Hbond substituents is 1. The number of nitrogens with zero attached hydrogens (tertiary/aromatic N) is 2. The Labute approximate surface area is 180 Å². The van der Waals surface area contributed by atoms with Crippen LogP contribution in [0.15, 0.2) is 62.4 Å². The van der Waals surface area contributed by atoms with E-state index in [2.05, 4.69) is 25.9 Å². The van der Waals surface area contributed by atoms with Gasteiger partial charge in [-0.1, -0.05) is 33.6 Å². The SMILES string of the molecule is COc1cc(Br)cc(C=Nc2cc(-c3nc4cc(Cl)ccc4o3)ccc2C)c1O. The lowest BCUT2D eigenvalue weighted by atomic mass is 10.1. The summed E-state index contributed by atoms with van der Waals surface area (Å²) in [5.74, 6) is 0.895. The van der Waals surface area contributed by atoms with Crippen LogP contribution in [-0.4, -0.2) is 23.4 Å². The van der Waals surface area contributed by atoms with E-state index in [0.29, 0.717) is 33.3 Å². The number of aromatic hydroxyl groups is 1. The van der Waals surface area contributed by atoms with E-state index >= 15 is 0 Å². The van der Waals surface area contributed by atoms with Crippen molar-refractivity contribution < 1.29 is 14.3 Å². The molecule has 0 amide bonds. The molecule has 0 spiro atoms. The van der Waals surface area contributed by atoms with Crippen LogP contribution in [-0.2, 0) is 0 Å². The minimum absolute atomic E-state index is 0.0316. The van der Waals surface area contributed by atoms with E-state index in [0.717, 1.165) is 21.3 Å². The Kier molecular flexibility index (Phi) is 5.30. The van der Waals surface area contributed by atoms with Crippen LogP contribution in [0.1, 0.15) is 11.1 Å². The standard InChI is InChI=1S/C22H16BrClN2O3/c1-12-3-4-13(22-26-18-10-16(24)5-6-19(18)29-22)8-17(12)25-11-14-7-15(23)9-20(28-2)21(14)27/h3-11,27H,1-2H3. The highest BCUT2D eigenvalue weighted by Crippen LogP contribution is 2.34. The zero-order valence-electron chi connectivity index (χ0n) is 15.6. The molecule has 7 heteroatoms. The summed E-state index contributed by atoms with van der Waals surface area (Å²) in [6.45, 7) is 1.96. The van der Waals surface area contributed by atoms with E-state index in [1.54, 1.807) is 36.5 Å². The first-order valence-electron chi connectivity index (χ1n) is 8.72. The minimum Gasteiger partial charge on any atom is -0.504 e. The van der Waals surface area contributed by atoms with Gasteiger partial charge >= 0.3 is 0 Å². The Morgan fingerprint density at radius 1 is 1.17 bits per heavy atom. The fraction of sp³-hybridized carbons (Fsp3) is 0.0909. The van der Waals surface area contributed by atoms with Crippen LogP contribution in [0.5, 0.6) is 11.5 Å². The van der Waals surface area contributed by atoms with Crippen molar-refractivity contribution in [1.82, 2.24) is 4.98 Å². The number of phenols is 1.